The Morgan fingerprint density at radius 2 is 1.65 bits per heavy atom. The summed E-state index contributed by atoms with van der Waals surface area (Å²) >= 11 is 0. The second-order valence-electron chi connectivity index (χ2n) is 6.78. The quantitative estimate of drug-likeness (QED) is 0.717. The van der Waals surface area contributed by atoms with Gasteiger partial charge in [0.2, 0.25) is 0 Å². The van der Waals surface area contributed by atoms with E-state index in [0.717, 1.165) is 23.6 Å². The first-order valence-corrected chi connectivity index (χ1v) is 8.27. The second-order valence-corrected chi connectivity index (χ2v) is 6.78. The van der Waals surface area contributed by atoms with Crippen molar-refractivity contribution >= 4 is 17.2 Å². The summed E-state index contributed by atoms with van der Waals surface area (Å²) in [7, 11) is 0. The molecule has 23 heavy (non-hydrogen) atoms. The Hall–Kier alpha value is -2.29. The summed E-state index contributed by atoms with van der Waals surface area (Å²) in [6.45, 7) is 10.9. The van der Waals surface area contributed by atoms with Gasteiger partial charge in [-0.1, -0.05) is 38.1 Å². The van der Waals surface area contributed by atoms with E-state index in [1.807, 2.05) is 0 Å². The minimum absolute atomic E-state index is 0.568. The van der Waals surface area contributed by atoms with Crippen molar-refractivity contribution < 1.29 is 0 Å². The molecule has 0 bridgehead atoms. The van der Waals surface area contributed by atoms with E-state index in [2.05, 4.69) is 80.9 Å². The zero-order chi connectivity index (χ0) is 16.6. The summed E-state index contributed by atoms with van der Waals surface area (Å²) in [6, 6.07) is 10.6. The van der Waals surface area contributed by atoms with Crippen LogP contribution >= 0.6 is 0 Å². The number of aromatic nitrogens is 2. The molecule has 3 heteroatoms. The molecule has 0 saturated heterocycles. The fraction of sp³-hybridized carbons (Fsp3) is 0.350. The van der Waals surface area contributed by atoms with Gasteiger partial charge in [-0.05, 0) is 55.9 Å². The van der Waals surface area contributed by atoms with Crippen LogP contribution in [0, 0.1) is 26.7 Å². The molecule has 0 radical (unpaired) electrons. The second kappa shape index (κ2) is 6.07. The van der Waals surface area contributed by atoms with Gasteiger partial charge in [-0.15, -0.1) is 0 Å². The van der Waals surface area contributed by atoms with E-state index in [9.17, 15) is 0 Å². The molecule has 0 unspecified atom stereocenters. The molecule has 0 fully saturated rings. The first kappa shape index (κ1) is 15.6. The summed E-state index contributed by atoms with van der Waals surface area (Å²) in [5.41, 5.74) is 7.06. The first-order valence-electron chi connectivity index (χ1n) is 8.27. The first-order chi connectivity index (χ1) is 11.0. The zero-order valence-corrected chi connectivity index (χ0v) is 14.6. The lowest BCUT2D eigenvalue weighted by molar-refractivity contribution is 0.639. The molecule has 0 spiro atoms. The number of hydrogen-bond donors (Lipinski definition) is 1. The minimum atomic E-state index is 0.568. The summed E-state index contributed by atoms with van der Waals surface area (Å²) in [5.74, 6) is 1.66. The Bertz CT molecular complexity index is 823. The molecule has 0 aliphatic carbocycles. The molecule has 1 aromatic carbocycles. The number of nitrogens with one attached hydrogen (secondary N) is 1. The van der Waals surface area contributed by atoms with Crippen LogP contribution in [0.2, 0.25) is 0 Å². The molecule has 3 nitrogen and oxygen atoms in total. The number of nitrogens with zero attached hydrogens (tertiary/aromatic N) is 2. The van der Waals surface area contributed by atoms with Gasteiger partial charge in [-0.2, -0.15) is 0 Å². The average Bonchev–Trinajstić information content (AvgIpc) is 2.81. The van der Waals surface area contributed by atoms with Crippen LogP contribution in [0.25, 0.3) is 5.65 Å². The number of rotatable bonds is 4. The van der Waals surface area contributed by atoms with E-state index in [1.54, 1.807) is 0 Å². The van der Waals surface area contributed by atoms with Gasteiger partial charge in [0.25, 0.3) is 0 Å². The van der Waals surface area contributed by atoms with Crippen LogP contribution < -0.4 is 5.32 Å². The highest BCUT2D eigenvalue weighted by Gasteiger charge is 2.16. The molecule has 2 heterocycles. The van der Waals surface area contributed by atoms with E-state index in [0.29, 0.717) is 5.92 Å². The highest BCUT2D eigenvalue weighted by Crippen LogP contribution is 2.29. The van der Waals surface area contributed by atoms with Crippen molar-refractivity contribution in [1.82, 2.24) is 9.38 Å². The predicted octanol–water partition coefficient (Wildman–Crippen LogP) is 5.20. The Morgan fingerprint density at radius 1 is 1.00 bits per heavy atom. The SMILES string of the molecule is Cc1cccc(C)c1Nc1c(CC(C)C)nc2c(C)cccn12. The predicted molar refractivity (Wildman–Crippen MR) is 97.7 cm³/mol. The van der Waals surface area contributed by atoms with Gasteiger partial charge in [0.1, 0.15) is 11.5 Å². The van der Waals surface area contributed by atoms with Gasteiger partial charge in [0, 0.05) is 11.9 Å². The van der Waals surface area contributed by atoms with Crippen molar-refractivity contribution in [3.63, 3.8) is 0 Å². The van der Waals surface area contributed by atoms with Crippen LogP contribution in [0.15, 0.2) is 36.5 Å². The lowest BCUT2D eigenvalue weighted by Gasteiger charge is -2.14. The Balaban J connectivity index is 2.16. The van der Waals surface area contributed by atoms with Crippen LogP contribution in [0.1, 0.15) is 36.2 Å². The molecule has 3 rings (SSSR count). The number of pyridine rings is 1. The number of para-hydroxylation sites is 1. The maximum absolute atomic E-state index is 4.91. The summed E-state index contributed by atoms with van der Waals surface area (Å²) in [6.07, 6.45) is 3.06. The van der Waals surface area contributed by atoms with Crippen LogP contribution in [0.4, 0.5) is 11.5 Å². The standard InChI is InChI=1S/C20H25N3/c1-13(2)12-17-20(22-18-14(3)8-6-9-15(18)4)23-11-7-10-16(5)19(23)21-17/h6-11,13,22H,12H2,1-5H3. The molecule has 0 atom stereocenters. The third kappa shape index (κ3) is 2.96. The highest BCUT2D eigenvalue weighted by molar-refractivity contribution is 5.69. The van der Waals surface area contributed by atoms with Gasteiger partial charge >= 0.3 is 0 Å². The van der Waals surface area contributed by atoms with Gasteiger partial charge in [-0.25, -0.2) is 4.98 Å². The number of benzene rings is 1. The normalized spacial score (nSPS) is 11.4. The van der Waals surface area contributed by atoms with Gasteiger partial charge in [0.15, 0.2) is 0 Å². The zero-order valence-electron chi connectivity index (χ0n) is 14.6. The van der Waals surface area contributed by atoms with Gasteiger partial charge in [0.05, 0.1) is 5.69 Å². The molecule has 120 valence electrons. The van der Waals surface area contributed by atoms with E-state index in [-0.39, 0.29) is 0 Å². The van der Waals surface area contributed by atoms with Crippen LogP contribution in [-0.4, -0.2) is 9.38 Å². The molecule has 0 amide bonds. The molecule has 1 N–H and O–H groups in total. The number of imidazole rings is 1. The molecular weight excluding hydrogens is 282 g/mol. The van der Waals surface area contributed by atoms with E-state index in [4.69, 9.17) is 4.98 Å². The fourth-order valence-electron chi connectivity index (χ4n) is 3.04. The third-order valence-corrected chi connectivity index (χ3v) is 4.24. The maximum atomic E-state index is 4.91. The number of anilines is 2. The van der Waals surface area contributed by atoms with Crippen molar-refractivity contribution in [3.8, 4) is 0 Å². The lowest BCUT2D eigenvalue weighted by atomic mass is 10.1. The molecule has 0 aliphatic heterocycles. The summed E-state index contributed by atoms with van der Waals surface area (Å²) in [5, 5.41) is 3.67. The van der Waals surface area contributed by atoms with Crippen molar-refractivity contribution in [3.05, 3.63) is 58.9 Å². The number of aryl methyl sites for hydroxylation is 3. The Morgan fingerprint density at radius 3 is 2.30 bits per heavy atom. The third-order valence-electron chi connectivity index (χ3n) is 4.24. The maximum Gasteiger partial charge on any atom is 0.141 e. The molecule has 2 aromatic heterocycles. The number of fused-ring (bicyclic) bond motifs is 1. The van der Waals surface area contributed by atoms with Crippen LogP contribution in [0.3, 0.4) is 0 Å². The lowest BCUT2D eigenvalue weighted by Crippen LogP contribution is -2.03. The summed E-state index contributed by atoms with van der Waals surface area (Å²) < 4.78 is 2.18. The fourth-order valence-corrected chi connectivity index (χ4v) is 3.04. The largest absolute Gasteiger partial charge is 0.339 e. The smallest absolute Gasteiger partial charge is 0.141 e. The molecule has 0 aliphatic rings. The van der Waals surface area contributed by atoms with E-state index < -0.39 is 0 Å². The van der Waals surface area contributed by atoms with E-state index in [1.165, 1.54) is 22.4 Å². The van der Waals surface area contributed by atoms with Gasteiger partial charge in [-0.3, -0.25) is 4.40 Å². The van der Waals surface area contributed by atoms with Crippen LogP contribution in [0.5, 0.6) is 0 Å². The topological polar surface area (TPSA) is 29.3 Å². The van der Waals surface area contributed by atoms with Gasteiger partial charge < -0.3 is 5.32 Å². The average molecular weight is 307 g/mol. The van der Waals surface area contributed by atoms with Crippen molar-refractivity contribution in [2.45, 2.75) is 41.0 Å². The van der Waals surface area contributed by atoms with Crippen molar-refractivity contribution in [1.29, 1.82) is 0 Å². The van der Waals surface area contributed by atoms with E-state index >= 15 is 0 Å². The highest BCUT2D eigenvalue weighted by atomic mass is 15.1. The number of hydrogen-bond acceptors (Lipinski definition) is 2. The Kier molecular flexibility index (Phi) is 4.12. The minimum Gasteiger partial charge on any atom is -0.339 e. The molecule has 3 aromatic rings. The molecule has 0 saturated carbocycles. The Labute approximate surface area is 138 Å². The molecular formula is C20H25N3. The van der Waals surface area contributed by atoms with Crippen LogP contribution in [-0.2, 0) is 6.42 Å². The van der Waals surface area contributed by atoms with Crippen molar-refractivity contribution in [2.75, 3.05) is 5.32 Å². The van der Waals surface area contributed by atoms with Crippen molar-refractivity contribution in [2.24, 2.45) is 5.92 Å². The summed E-state index contributed by atoms with van der Waals surface area (Å²) in [4.78, 5) is 4.91. The monoisotopic (exact) mass is 307 g/mol.